The molecule has 0 saturated heterocycles. The van der Waals surface area contributed by atoms with Gasteiger partial charge in [-0.25, -0.2) is 0 Å². The number of benzene rings is 2. The molecule has 2 atom stereocenters. The zero-order valence-corrected chi connectivity index (χ0v) is 14.6. The first-order chi connectivity index (χ1) is 12.2. The summed E-state index contributed by atoms with van der Waals surface area (Å²) in [5.74, 6) is 1.10. The van der Waals surface area contributed by atoms with E-state index in [4.69, 9.17) is 4.74 Å². The molecule has 1 aliphatic rings. The van der Waals surface area contributed by atoms with Gasteiger partial charge in [0.05, 0.1) is 13.2 Å². The molecule has 4 heteroatoms. The van der Waals surface area contributed by atoms with Gasteiger partial charge in [-0.1, -0.05) is 36.4 Å². The van der Waals surface area contributed by atoms with Crippen LogP contribution in [0, 0.1) is 0 Å². The molecule has 0 bridgehead atoms. The molecule has 1 aliphatic carbocycles. The number of hydrogen-bond acceptors (Lipinski definition) is 3. The topological polar surface area (TPSA) is 58.6 Å². The zero-order chi connectivity index (χ0) is 17.6. The first-order valence-corrected chi connectivity index (χ1v) is 8.84. The van der Waals surface area contributed by atoms with Crippen LogP contribution in [0.15, 0.2) is 48.5 Å². The van der Waals surface area contributed by atoms with Gasteiger partial charge in [0.25, 0.3) is 0 Å². The molecule has 3 rings (SSSR count). The highest BCUT2D eigenvalue weighted by Gasteiger charge is 2.23. The van der Waals surface area contributed by atoms with Crippen LogP contribution >= 0.6 is 0 Å². The normalized spacial score (nSPS) is 17.4. The number of hydrogen-bond donors (Lipinski definition) is 2. The maximum absolute atomic E-state index is 12.3. The van der Waals surface area contributed by atoms with Gasteiger partial charge in [0.15, 0.2) is 0 Å². The molecule has 0 fully saturated rings. The third-order valence-corrected chi connectivity index (χ3v) is 4.90. The summed E-state index contributed by atoms with van der Waals surface area (Å²) in [5.41, 5.74) is 3.36. The number of aliphatic hydroxyl groups is 1. The second kappa shape index (κ2) is 8.17. The van der Waals surface area contributed by atoms with E-state index in [-0.39, 0.29) is 18.4 Å². The molecule has 25 heavy (non-hydrogen) atoms. The van der Waals surface area contributed by atoms with Gasteiger partial charge >= 0.3 is 0 Å². The Morgan fingerprint density at radius 1 is 1.28 bits per heavy atom. The summed E-state index contributed by atoms with van der Waals surface area (Å²) >= 11 is 0. The van der Waals surface area contributed by atoms with Crippen LogP contribution in [-0.2, 0) is 11.2 Å². The molecular weight excluding hydrogens is 314 g/mol. The van der Waals surface area contributed by atoms with Gasteiger partial charge < -0.3 is 15.2 Å². The van der Waals surface area contributed by atoms with Crippen molar-refractivity contribution in [2.75, 3.05) is 13.7 Å². The summed E-state index contributed by atoms with van der Waals surface area (Å²) in [6, 6.07) is 15.5. The molecule has 2 aromatic carbocycles. The number of amides is 1. The minimum absolute atomic E-state index is 0.0105. The number of fused-ring (bicyclic) bond motifs is 1. The Bertz CT molecular complexity index is 714. The fraction of sp³-hybridized carbons (Fsp3) is 0.381. The highest BCUT2D eigenvalue weighted by atomic mass is 16.5. The molecule has 0 radical (unpaired) electrons. The maximum atomic E-state index is 12.3. The average molecular weight is 339 g/mol. The minimum Gasteiger partial charge on any atom is -0.497 e. The van der Waals surface area contributed by atoms with Crippen molar-refractivity contribution in [2.45, 2.75) is 37.7 Å². The number of nitrogens with one attached hydrogen (secondary N) is 1. The van der Waals surface area contributed by atoms with Crippen LogP contribution in [0.5, 0.6) is 5.75 Å². The van der Waals surface area contributed by atoms with Crippen LogP contribution in [0.3, 0.4) is 0 Å². The van der Waals surface area contributed by atoms with Crippen LogP contribution in [0.4, 0.5) is 0 Å². The zero-order valence-electron chi connectivity index (χ0n) is 14.6. The molecule has 0 saturated carbocycles. The third-order valence-electron chi connectivity index (χ3n) is 4.90. The second-order valence-electron chi connectivity index (χ2n) is 6.59. The molecule has 0 aromatic heterocycles. The van der Waals surface area contributed by atoms with Crippen molar-refractivity contribution in [1.29, 1.82) is 0 Å². The SMILES string of the molecule is COc1ccc2c(c1)CCC[C@H]2CC(=O)NC[C@H](O)c1ccccc1. The van der Waals surface area contributed by atoms with Gasteiger partial charge in [-0.2, -0.15) is 0 Å². The minimum atomic E-state index is -0.673. The van der Waals surface area contributed by atoms with E-state index in [2.05, 4.69) is 17.4 Å². The van der Waals surface area contributed by atoms with Gasteiger partial charge in [0.1, 0.15) is 5.75 Å². The predicted molar refractivity (Wildman–Crippen MR) is 97.7 cm³/mol. The fourth-order valence-electron chi connectivity index (χ4n) is 3.53. The Morgan fingerprint density at radius 2 is 2.08 bits per heavy atom. The molecule has 1 amide bonds. The van der Waals surface area contributed by atoms with E-state index in [1.807, 2.05) is 36.4 Å². The van der Waals surface area contributed by atoms with Crippen LogP contribution < -0.4 is 10.1 Å². The lowest BCUT2D eigenvalue weighted by molar-refractivity contribution is -0.122. The summed E-state index contributed by atoms with van der Waals surface area (Å²) in [6.45, 7) is 0.241. The van der Waals surface area contributed by atoms with Crippen molar-refractivity contribution in [3.63, 3.8) is 0 Å². The standard InChI is InChI=1S/C21H25NO3/c1-25-18-10-11-19-16(12-18)8-5-9-17(19)13-21(24)22-14-20(23)15-6-3-2-4-7-15/h2-4,6-7,10-12,17,20,23H,5,8-9,13-14H2,1H3,(H,22,24)/t17-,20-/m0/s1. The Hall–Kier alpha value is -2.33. The monoisotopic (exact) mass is 339 g/mol. The molecule has 0 aliphatic heterocycles. The van der Waals surface area contributed by atoms with Crippen molar-refractivity contribution in [2.24, 2.45) is 0 Å². The molecule has 2 N–H and O–H groups in total. The second-order valence-corrected chi connectivity index (χ2v) is 6.59. The molecule has 132 valence electrons. The van der Waals surface area contributed by atoms with Crippen molar-refractivity contribution >= 4 is 5.91 Å². The molecule has 0 heterocycles. The number of ether oxygens (including phenoxy) is 1. The van der Waals surface area contributed by atoms with E-state index < -0.39 is 6.10 Å². The van der Waals surface area contributed by atoms with E-state index >= 15 is 0 Å². The van der Waals surface area contributed by atoms with Crippen molar-refractivity contribution in [3.8, 4) is 5.75 Å². The average Bonchev–Trinajstić information content (AvgIpc) is 2.66. The highest BCUT2D eigenvalue weighted by molar-refractivity contribution is 5.77. The van der Waals surface area contributed by atoms with Gasteiger partial charge in [0, 0.05) is 13.0 Å². The summed E-state index contributed by atoms with van der Waals surface area (Å²) in [6.07, 6.45) is 2.93. The molecule has 0 spiro atoms. The largest absolute Gasteiger partial charge is 0.497 e. The molecule has 0 unspecified atom stereocenters. The summed E-state index contributed by atoms with van der Waals surface area (Å²) in [4.78, 5) is 12.3. The first-order valence-electron chi connectivity index (χ1n) is 8.84. The highest BCUT2D eigenvalue weighted by Crippen LogP contribution is 2.35. The maximum Gasteiger partial charge on any atom is 0.220 e. The van der Waals surface area contributed by atoms with Crippen molar-refractivity contribution < 1.29 is 14.6 Å². The van der Waals surface area contributed by atoms with Crippen LogP contribution in [0.2, 0.25) is 0 Å². The van der Waals surface area contributed by atoms with E-state index in [0.29, 0.717) is 6.42 Å². The van der Waals surface area contributed by atoms with Crippen LogP contribution in [-0.4, -0.2) is 24.7 Å². The summed E-state index contributed by atoms with van der Waals surface area (Å²) < 4.78 is 5.30. The summed E-state index contributed by atoms with van der Waals surface area (Å²) in [7, 11) is 1.67. The van der Waals surface area contributed by atoms with Gasteiger partial charge in [-0.3, -0.25) is 4.79 Å². The summed E-state index contributed by atoms with van der Waals surface area (Å²) in [5, 5.41) is 13.0. The van der Waals surface area contributed by atoms with E-state index in [1.54, 1.807) is 7.11 Å². The smallest absolute Gasteiger partial charge is 0.220 e. The Kier molecular flexibility index (Phi) is 5.71. The lowest BCUT2D eigenvalue weighted by atomic mass is 9.81. The Balaban J connectivity index is 1.57. The number of carbonyl (C=O) groups excluding carboxylic acids is 1. The Morgan fingerprint density at radius 3 is 2.84 bits per heavy atom. The van der Waals surface area contributed by atoms with Gasteiger partial charge in [0.2, 0.25) is 5.91 Å². The van der Waals surface area contributed by atoms with Crippen LogP contribution in [0.25, 0.3) is 0 Å². The molecular formula is C21H25NO3. The third kappa shape index (κ3) is 4.40. The van der Waals surface area contributed by atoms with Crippen molar-refractivity contribution in [3.05, 3.63) is 65.2 Å². The number of methoxy groups -OCH3 is 1. The number of carbonyl (C=O) groups is 1. The fourth-order valence-corrected chi connectivity index (χ4v) is 3.53. The number of aliphatic hydroxyl groups excluding tert-OH is 1. The van der Waals surface area contributed by atoms with E-state index in [0.717, 1.165) is 30.6 Å². The predicted octanol–water partition coefficient (Wildman–Crippen LogP) is 3.36. The van der Waals surface area contributed by atoms with Gasteiger partial charge in [-0.05, 0) is 54.0 Å². The molecule has 4 nitrogen and oxygen atoms in total. The molecule has 2 aromatic rings. The number of rotatable bonds is 6. The quantitative estimate of drug-likeness (QED) is 0.848. The van der Waals surface area contributed by atoms with E-state index in [9.17, 15) is 9.90 Å². The lowest BCUT2D eigenvalue weighted by Crippen LogP contribution is -2.30. The van der Waals surface area contributed by atoms with Crippen molar-refractivity contribution in [1.82, 2.24) is 5.32 Å². The first kappa shape index (κ1) is 17.5. The number of aryl methyl sites for hydroxylation is 1. The van der Waals surface area contributed by atoms with Gasteiger partial charge in [-0.15, -0.1) is 0 Å². The van der Waals surface area contributed by atoms with E-state index in [1.165, 1.54) is 11.1 Å². The Labute approximate surface area is 148 Å². The van der Waals surface area contributed by atoms with Crippen LogP contribution in [0.1, 0.15) is 48.0 Å². The lowest BCUT2D eigenvalue weighted by Gasteiger charge is -2.25.